The first-order chi connectivity index (χ1) is 11.4. The zero-order valence-corrected chi connectivity index (χ0v) is 13.1. The monoisotopic (exact) mass is 353 g/mol. The molecule has 0 aliphatic carbocycles. The molecule has 24 heavy (non-hydrogen) atoms. The molecule has 0 N–H and O–H groups in total. The van der Waals surface area contributed by atoms with Gasteiger partial charge in [-0.15, -0.1) is 11.3 Å². The largest absolute Gasteiger partial charge is 0.464 e. The summed E-state index contributed by atoms with van der Waals surface area (Å²) < 4.78 is 48.5. The van der Waals surface area contributed by atoms with Gasteiger partial charge in [0.15, 0.2) is 0 Å². The van der Waals surface area contributed by atoms with E-state index in [4.69, 9.17) is 4.74 Å². The number of rotatable bonds is 3. The number of esters is 1. The van der Waals surface area contributed by atoms with Crippen molar-refractivity contribution in [3.8, 4) is 11.5 Å². The predicted molar refractivity (Wildman–Crippen MR) is 82.5 cm³/mol. The molecule has 0 amide bonds. The van der Waals surface area contributed by atoms with Crippen molar-refractivity contribution in [3.05, 3.63) is 53.0 Å². The summed E-state index contributed by atoms with van der Waals surface area (Å²) in [5.41, 5.74) is -0.129. The molecule has 1 aromatic heterocycles. The fourth-order valence-corrected chi connectivity index (χ4v) is 2.90. The summed E-state index contributed by atoms with van der Waals surface area (Å²) in [6.45, 7) is 0. The molecule has 0 atom stereocenters. The number of benzene rings is 2. The van der Waals surface area contributed by atoms with Gasteiger partial charge in [-0.3, -0.25) is 0 Å². The minimum Gasteiger partial charge on any atom is -0.464 e. The fraction of sp³-hybridized carbons (Fsp3) is 0.125. The first-order valence-electron chi connectivity index (χ1n) is 6.71. The molecule has 0 bridgehead atoms. The van der Waals surface area contributed by atoms with E-state index in [0.717, 1.165) is 23.5 Å². The summed E-state index contributed by atoms with van der Waals surface area (Å²) in [6, 6.07) is 9.36. The van der Waals surface area contributed by atoms with Gasteiger partial charge in [0.25, 0.3) is 0 Å². The molecule has 2 aromatic carbocycles. The van der Waals surface area contributed by atoms with Crippen LogP contribution in [-0.4, -0.2) is 18.1 Å². The maximum atomic E-state index is 12.5. The van der Waals surface area contributed by atoms with Gasteiger partial charge in [0.1, 0.15) is 11.5 Å². The van der Waals surface area contributed by atoms with Gasteiger partial charge in [0.2, 0.25) is 5.01 Å². The van der Waals surface area contributed by atoms with Crippen molar-refractivity contribution >= 4 is 27.5 Å². The Labute approximate surface area is 138 Å². The van der Waals surface area contributed by atoms with Gasteiger partial charge in [0.05, 0.1) is 22.9 Å². The third kappa shape index (κ3) is 3.33. The van der Waals surface area contributed by atoms with Crippen LogP contribution in [0.1, 0.15) is 15.4 Å². The van der Waals surface area contributed by atoms with Crippen molar-refractivity contribution < 1.29 is 27.4 Å². The second-order valence-electron chi connectivity index (χ2n) is 4.76. The summed E-state index contributed by atoms with van der Waals surface area (Å²) in [4.78, 5) is 15.6. The Morgan fingerprint density at radius 2 is 1.75 bits per heavy atom. The van der Waals surface area contributed by atoms with Crippen LogP contribution in [0.5, 0.6) is 11.5 Å². The lowest BCUT2D eigenvalue weighted by molar-refractivity contribution is -0.137. The van der Waals surface area contributed by atoms with Crippen molar-refractivity contribution in [1.29, 1.82) is 0 Å². The number of carbonyl (C=O) groups is 1. The molecule has 0 spiro atoms. The van der Waals surface area contributed by atoms with E-state index >= 15 is 0 Å². The van der Waals surface area contributed by atoms with Gasteiger partial charge >= 0.3 is 12.1 Å². The average molecular weight is 353 g/mol. The number of nitrogens with zero attached hydrogens (tertiary/aromatic N) is 1. The van der Waals surface area contributed by atoms with Crippen molar-refractivity contribution in [2.45, 2.75) is 6.18 Å². The Hall–Kier alpha value is -2.61. The van der Waals surface area contributed by atoms with E-state index in [1.807, 2.05) is 0 Å². The summed E-state index contributed by atoms with van der Waals surface area (Å²) in [5.74, 6) is 0.184. The first-order valence-corrected chi connectivity index (χ1v) is 7.52. The molecule has 3 aromatic rings. The predicted octanol–water partition coefficient (Wildman–Crippen LogP) is 4.89. The quantitative estimate of drug-likeness (QED) is 0.629. The summed E-state index contributed by atoms with van der Waals surface area (Å²) in [6.07, 6.45) is -4.38. The van der Waals surface area contributed by atoms with Crippen LogP contribution in [0.25, 0.3) is 10.2 Å². The van der Waals surface area contributed by atoms with E-state index in [9.17, 15) is 18.0 Å². The highest BCUT2D eigenvalue weighted by Crippen LogP contribution is 2.32. The van der Waals surface area contributed by atoms with Crippen molar-refractivity contribution in [2.24, 2.45) is 0 Å². The topological polar surface area (TPSA) is 48.4 Å². The number of carbonyl (C=O) groups excluding carboxylic acids is 1. The van der Waals surface area contributed by atoms with E-state index in [1.165, 1.54) is 19.2 Å². The molecule has 3 rings (SSSR count). The molecule has 1 heterocycles. The molecule has 0 radical (unpaired) electrons. The third-order valence-corrected chi connectivity index (χ3v) is 4.14. The van der Waals surface area contributed by atoms with Crippen LogP contribution < -0.4 is 4.74 Å². The van der Waals surface area contributed by atoms with Gasteiger partial charge < -0.3 is 9.47 Å². The van der Waals surface area contributed by atoms with Gasteiger partial charge in [-0.2, -0.15) is 13.2 Å². The fourth-order valence-electron chi connectivity index (χ4n) is 1.99. The molecule has 0 unspecified atom stereocenters. The minimum absolute atomic E-state index is 0.221. The molecule has 4 nitrogen and oxygen atoms in total. The number of aromatic nitrogens is 1. The highest BCUT2D eigenvalue weighted by Gasteiger charge is 2.30. The Kier molecular flexibility index (Phi) is 4.15. The summed E-state index contributed by atoms with van der Waals surface area (Å²) in [7, 11) is 1.27. The van der Waals surface area contributed by atoms with Crippen LogP contribution in [0.2, 0.25) is 0 Å². The highest BCUT2D eigenvalue weighted by molar-refractivity contribution is 7.20. The summed E-state index contributed by atoms with van der Waals surface area (Å²) in [5, 5.41) is 0.221. The van der Waals surface area contributed by atoms with E-state index in [1.54, 1.807) is 18.2 Å². The van der Waals surface area contributed by atoms with Gasteiger partial charge in [0, 0.05) is 6.07 Å². The van der Waals surface area contributed by atoms with Crippen LogP contribution >= 0.6 is 11.3 Å². The normalized spacial score (nSPS) is 11.5. The molecular formula is C16H10F3NO3S. The van der Waals surface area contributed by atoms with Crippen LogP contribution in [0, 0.1) is 0 Å². The second-order valence-corrected chi connectivity index (χ2v) is 5.79. The minimum atomic E-state index is -4.38. The van der Waals surface area contributed by atoms with Gasteiger partial charge in [-0.1, -0.05) is 0 Å². The molecule has 0 fully saturated rings. The first kappa shape index (κ1) is 16.3. The lowest BCUT2D eigenvalue weighted by atomic mass is 10.2. The van der Waals surface area contributed by atoms with Crippen LogP contribution in [0.15, 0.2) is 42.5 Å². The number of alkyl halides is 3. The number of thiazole rings is 1. The smallest absolute Gasteiger partial charge is 0.416 e. The van der Waals surface area contributed by atoms with E-state index in [2.05, 4.69) is 9.72 Å². The molecule has 0 aliphatic heterocycles. The zero-order chi connectivity index (χ0) is 17.3. The Morgan fingerprint density at radius 1 is 1.08 bits per heavy atom. The van der Waals surface area contributed by atoms with Gasteiger partial charge in [-0.05, 0) is 36.4 Å². The highest BCUT2D eigenvalue weighted by atomic mass is 32.1. The van der Waals surface area contributed by atoms with Crippen molar-refractivity contribution in [1.82, 2.24) is 4.98 Å². The SMILES string of the molecule is COC(=O)c1nc2ccc(Oc3ccc(C(F)(F)F)cc3)cc2s1. The Morgan fingerprint density at radius 3 is 2.38 bits per heavy atom. The maximum Gasteiger partial charge on any atom is 0.416 e. The third-order valence-electron chi connectivity index (χ3n) is 3.14. The number of hydrogen-bond acceptors (Lipinski definition) is 5. The molecule has 8 heteroatoms. The number of hydrogen-bond donors (Lipinski definition) is 0. The van der Waals surface area contributed by atoms with Crippen LogP contribution in [-0.2, 0) is 10.9 Å². The van der Waals surface area contributed by atoms with Crippen LogP contribution in [0.4, 0.5) is 13.2 Å². The summed E-state index contributed by atoms with van der Waals surface area (Å²) >= 11 is 1.15. The Bertz CT molecular complexity index is 888. The van der Waals surface area contributed by atoms with Crippen molar-refractivity contribution in [2.75, 3.05) is 7.11 Å². The van der Waals surface area contributed by atoms with Crippen molar-refractivity contribution in [3.63, 3.8) is 0 Å². The number of methoxy groups -OCH3 is 1. The second kappa shape index (κ2) is 6.12. The van der Waals surface area contributed by atoms with E-state index < -0.39 is 17.7 Å². The van der Waals surface area contributed by atoms with E-state index in [-0.39, 0.29) is 10.8 Å². The van der Waals surface area contributed by atoms with Crippen LogP contribution in [0.3, 0.4) is 0 Å². The van der Waals surface area contributed by atoms with E-state index in [0.29, 0.717) is 16.0 Å². The molecule has 0 aliphatic rings. The standard InChI is InChI=1S/C16H10F3NO3S/c1-22-15(21)14-20-12-7-6-11(8-13(12)24-14)23-10-4-2-9(3-5-10)16(17,18)19/h2-8H,1H3. The zero-order valence-electron chi connectivity index (χ0n) is 12.3. The number of fused-ring (bicyclic) bond motifs is 1. The lowest BCUT2D eigenvalue weighted by Crippen LogP contribution is -2.03. The molecular weight excluding hydrogens is 343 g/mol. The molecule has 0 saturated heterocycles. The Balaban J connectivity index is 1.83. The molecule has 0 saturated carbocycles. The molecule has 124 valence electrons. The van der Waals surface area contributed by atoms with Gasteiger partial charge in [-0.25, -0.2) is 9.78 Å². The average Bonchev–Trinajstić information content (AvgIpc) is 2.97. The number of halogens is 3. The number of ether oxygens (including phenoxy) is 2. The maximum absolute atomic E-state index is 12.5. The lowest BCUT2D eigenvalue weighted by Gasteiger charge is -2.08.